The molecule has 108 valence electrons. The lowest BCUT2D eigenvalue weighted by Gasteiger charge is -2.65. The zero-order chi connectivity index (χ0) is 13.3. The first-order chi connectivity index (χ1) is 8.97. The van der Waals surface area contributed by atoms with Crippen LogP contribution in [0.25, 0.3) is 0 Å². The van der Waals surface area contributed by atoms with Gasteiger partial charge in [-0.05, 0) is 76.5 Å². The van der Waals surface area contributed by atoms with Crippen LogP contribution in [-0.4, -0.2) is 35.6 Å². The Kier molecular flexibility index (Phi) is 2.65. The summed E-state index contributed by atoms with van der Waals surface area (Å²) in [6.45, 7) is 10.9. The predicted octanol–water partition coefficient (Wildman–Crippen LogP) is 2.89. The first kappa shape index (κ1) is 12.6. The largest absolute Gasteiger partial charge is 0.308 e. The van der Waals surface area contributed by atoms with E-state index in [1.165, 1.54) is 45.3 Å². The van der Waals surface area contributed by atoms with Gasteiger partial charge in [0.25, 0.3) is 0 Å². The van der Waals surface area contributed by atoms with Gasteiger partial charge in [-0.1, -0.05) is 0 Å². The summed E-state index contributed by atoms with van der Waals surface area (Å²) in [6.07, 6.45) is 7.66. The van der Waals surface area contributed by atoms with Gasteiger partial charge in [0.05, 0.1) is 0 Å². The van der Waals surface area contributed by atoms with E-state index in [2.05, 4.69) is 31.0 Å². The highest BCUT2D eigenvalue weighted by Crippen LogP contribution is 2.58. The Morgan fingerprint density at radius 3 is 2.05 bits per heavy atom. The molecule has 4 bridgehead atoms. The fourth-order valence-electron chi connectivity index (χ4n) is 6.02. The fourth-order valence-corrected chi connectivity index (χ4v) is 6.02. The minimum Gasteiger partial charge on any atom is -0.308 e. The smallest absolute Gasteiger partial charge is 0.0366 e. The van der Waals surface area contributed by atoms with Crippen LogP contribution in [0.1, 0.15) is 52.9 Å². The molecule has 4 saturated carbocycles. The van der Waals surface area contributed by atoms with Crippen molar-refractivity contribution < 1.29 is 0 Å². The number of nitrogens with zero attached hydrogens (tertiary/aromatic N) is 1. The normalized spacial score (nSPS) is 50.1. The van der Waals surface area contributed by atoms with Crippen LogP contribution in [0.3, 0.4) is 0 Å². The molecule has 0 aromatic carbocycles. The van der Waals surface area contributed by atoms with E-state index in [0.29, 0.717) is 11.1 Å². The molecule has 1 saturated heterocycles. The molecule has 0 unspecified atom stereocenters. The first-order valence-corrected chi connectivity index (χ1v) is 8.47. The van der Waals surface area contributed by atoms with Crippen molar-refractivity contribution in [3.05, 3.63) is 0 Å². The highest BCUT2D eigenvalue weighted by atomic mass is 15.3. The van der Waals surface area contributed by atoms with E-state index in [-0.39, 0.29) is 0 Å². The van der Waals surface area contributed by atoms with Crippen molar-refractivity contribution in [3.63, 3.8) is 0 Å². The van der Waals surface area contributed by atoms with Gasteiger partial charge in [-0.25, -0.2) is 0 Å². The van der Waals surface area contributed by atoms with E-state index in [9.17, 15) is 0 Å². The van der Waals surface area contributed by atoms with E-state index in [0.717, 1.165) is 23.7 Å². The lowest BCUT2D eigenvalue weighted by atomic mass is 9.48. The summed E-state index contributed by atoms with van der Waals surface area (Å²) in [5.74, 6) is 4.13. The molecule has 1 heterocycles. The third-order valence-corrected chi connectivity index (χ3v) is 6.83. The Bertz CT molecular complexity index is 340. The molecular weight excluding hydrogens is 232 g/mol. The van der Waals surface area contributed by atoms with Crippen molar-refractivity contribution in [3.8, 4) is 0 Å². The molecule has 4 aliphatic carbocycles. The Morgan fingerprint density at radius 1 is 0.947 bits per heavy atom. The standard InChI is InChI=1S/C17H30N2/c1-16(2,3)19-5-4-18-17(11-19)14-7-12-6-13(9-14)10-15(17)8-12/h12-15,18H,4-11H2,1-3H3. The minimum atomic E-state index is 0.337. The van der Waals surface area contributed by atoms with Crippen molar-refractivity contribution in [1.29, 1.82) is 0 Å². The summed E-state index contributed by atoms with van der Waals surface area (Å²) in [6, 6.07) is 0. The van der Waals surface area contributed by atoms with E-state index >= 15 is 0 Å². The molecule has 0 atom stereocenters. The van der Waals surface area contributed by atoms with Crippen LogP contribution in [0.5, 0.6) is 0 Å². The van der Waals surface area contributed by atoms with Crippen molar-refractivity contribution in [2.24, 2.45) is 23.7 Å². The van der Waals surface area contributed by atoms with Gasteiger partial charge in [0.15, 0.2) is 0 Å². The third-order valence-electron chi connectivity index (χ3n) is 6.83. The van der Waals surface area contributed by atoms with E-state index in [1.54, 1.807) is 6.42 Å². The number of rotatable bonds is 0. The number of nitrogens with one attached hydrogen (secondary N) is 1. The zero-order valence-corrected chi connectivity index (χ0v) is 12.9. The highest BCUT2D eigenvalue weighted by Gasteiger charge is 2.58. The van der Waals surface area contributed by atoms with Gasteiger partial charge in [-0.15, -0.1) is 0 Å². The van der Waals surface area contributed by atoms with Gasteiger partial charge >= 0.3 is 0 Å². The van der Waals surface area contributed by atoms with Crippen LogP contribution in [0.4, 0.5) is 0 Å². The van der Waals surface area contributed by atoms with Gasteiger partial charge in [0.2, 0.25) is 0 Å². The quantitative estimate of drug-likeness (QED) is 0.722. The third kappa shape index (κ3) is 1.82. The van der Waals surface area contributed by atoms with E-state index in [4.69, 9.17) is 0 Å². The molecule has 2 nitrogen and oxygen atoms in total. The summed E-state index contributed by atoms with van der Waals surface area (Å²) in [4.78, 5) is 2.76. The summed E-state index contributed by atoms with van der Waals surface area (Å²) < 4.78 is 0. The van der Waals surface area contributed by atoms with Crippen molar-refractivity contribution in [2.75, 3.05) is 19.6 Å². The molecular formula is C17H30N2. The molecule has 0 amide bonds. The highest BCUT2D eigenvalue weighted by molar-refractivity contribution is 5.14. The second-order valence-electron chi connectivity index (χ2n) is 8.86. The van der Waals surface area contributed by atoms with Crippen molar-refractivity contribution in [2.45, 2.75) is 64.0 Å². The second-order valence-corrected chi connectivity index (χ2v) is 8.86. The zero-order valence-electron chi connectivity index (χ0n) is 12.9. The number of hydrogen-bond donors (Lipinski definition) is 1. The molecule has 1 aliphatic heterocycles. The summed E-state index contributed by atoms with van der Waals surface area (Å²) in [5.41, 5.74) is 0.822. The monoisotopic (exact) mass is 262 g/mol. The lowest BCUT2D eigenvalue weighted by Crippen LogP contribution is -2.73. The molecule has 0 radical (unpaired) electrons. The maximum atomic E-state index is 4.04. The maximum Gasteiger partial charge on any atom is 0.0366 e. The first-order valence-electron chi connectivity index (χ1n) is 8.47. The molecule has 2 heteroatoms. The Morgan fingerprint density at radius 2 is 1.53 bits per heavy atom. The molecule has 19 heavy (non-hydrogen) atoms. The number of piperazine rings is 1. The SMILES string of the molecule is CC(C)(C)N1CCNC2(C1)C1CC3CC(C1)CC2C3. The van der Waals surface area contributed by atoms with Crippen molar-refractivity contribution in [1.82, 2.24) is 10.2 Å². The Balaban J connectivity index is 1.62. The summed E-state index contributed by atoms with van der Waals surface area (Å²) >= 11 is 0. The van der Waals surface area contributed by atoms with Crippen LogP contribution >= 0.6 is 0 Å². The van der Waals surface area contributed by atoms with Crippen LogP contribution < -0.4 is 5.32 Å². The second kappa shape index (κ2) is 3.98. The number of hydrogen-bond acceptors (Lipinski definition) is 2. The molecule has 1 N–H and O–H groups in total. The predicted molar refractivity (Wildman–Crippen MR) is 79.1 cm³/mol. The maximum absolute atomic E-state index is 4.04. The molecule has 0 aromatic rings. The van der Waals surface area contributed by atoms with Gasteiger partial charge in [-0.2, -0.15) is 0 Å². The van der Waals surface area contributed by atoms with Gasteiger partial charge < -0.3 is 5.32 Å². The van der Waals surface area contributed by atoms with Crippen LogP contribution in [0, 0.1) is 23.7 Å². The average molecular weight is 262 g/mol. The van der Waals surface area contributed by atoms with E-state index in [1.807, 2.05) is 0 Å². The van der Waals surface area contributed by atoms with Gasteiger partial charge in [0.1, 0.15) is 0 Å². The van der Waals surface area contributed by atoms with Crippen LogP contribution in [0.15, 0.2) is 0 Å². The summed E-state index contributed by atoms with van der Waals surface area (Å²) in [5, 5.41) is 4.04. The average Bonchev–Trinajstić information content (AvgIpc) is 2.34. The van der Waals surface area contributed by atoms with Gasteiger partial charge in [0, 0.05) is 30.7 Å². The fraction of sp³-hybridized carbons (Fsp3) is 1.00. The molecule has 5 aliphatic rings. The van der Waals surface area contributed by atoms with E-state index < -0.39 is 0 Å². The molecule has 5 rings (SSSR count). The molecule has 0 aromatic heterocycles. The van der Waals surface area contributed by atoms with Crippen LogP contribution in [-0.2, 0) is 0 Å². The van der Waals surface area contributed by atoms with Gasteiger partial charge in [-0.3, -0.25) is 4.90 Å². The summed E-state index contributed by atoms with van der Waals surface area (Å²) in [7, 11) is 0. The molecule has 5 fully saturated rings. The Hall–Kier alpha value is -0.0800. The molecule has 1 spiro atoms. The minimum absolute atomic E-state index is 0.337. The van der Waals surface area contributed by atoms with Crippen LogP contribution in [0.2, 0.25) is 0 Å². The topological polar surface area (TPSA) is 15.3 Å². The Labute approximate surface area is 118 Å². The lowest BCUT2D eigenvalue weighted by molar-refractivity contribution is -0.109. The van der Waals surface area contributed by atoms with Crippen molar-refractivity contribution >= 4 is 0 Å².